The minimum atomic E-state index is -3.17. The second-order valence-corrected chi connectivity index (χ2v) is 7.66. The molecule has 0 heterocycles. The lowest BCUT2D eigenvalue weighted by Gasteiger charge is -2.21. The number of carbonyl (C=O) groups is 1. The molecule has 1 amide bonds. The Hall–Kier alpha value is -0.800. The summed E-state index contributed by atoms with van der Waals surface area (Å²) in [5.74, 6) is 0. The molecule has 0 aromatic heterocycles. The lowest BCUT2D eigenvalue weighted by atomic mass is 10.2. The fourth-order valence-electron chi connectivity index (χ4n) is 1.62. The SMILES string of the molecule is CC(C)(C)OC(=O)NC1C=C(P(C)(=O)O)CC1. The predicted molar refractivity (Wildman–Crippen MR) is 66.2 cm³/mol. The number of hydrogen-bond acceptors (Lipinski definition) is 3. The highest BCUT2D eigenvalue weighted by Gasteiger charge is 2.27. The van der Waals surface area contributed by atoms with Crippen molar-refractivity contribution in [2.75, 3.05) is 6.66 Å². The fourth-order valence-corrected chi connectivity index (χ4v) is 2.62. The average molecular weight is 261 g/mol. The van der Waals surface area contributed by atoms with E-state index in [4.69, 9.17) is 4.74 Å². The highest BCUT2D eigenvalue weighted by Crippen LogP contribution is 2.50. The second-order valence-electron chi connectivity index (χ2n) is 5.33. The number of rotatable bonds is 2. The summed E-state index contributed by atoms with van der Waals surface area (Å²) in [5.41, 5.74) is -0.535. The number of amides is 1. The molecule has 2 N–H and O–H groups in total. The first-order valence-electron chi connectivity index (χ1n) is 5.59. The molecule has 0 aliphatic heterocycles. The molecule has 6 heteroatoms. The van der Waals surface area contributed by atoms with Gasteiger partial charge in [0.1, 0.15) is 5.60 Å². The summed E-state index contributed by atoms with van der Waals surface area (Å²) in [7, 11) is -3.17. The van der Waals surface area contributed by atoms with Crippen molar-refractivity contribution in [1.29, 1.82) is 0 Å². The van der Waals surface area contributed by atoms with Crippen molar-refractivity contribution in [3.8, 4) is 0 Å². The Morgan fingerprint density at radius 3 is 2.59 bits per heavy atom. The zero-order chi connectivity index (χ0) is 13.3. The lowest BCUT2D eigenvalue weighted by Crippen LogP contribution is -2.37. The minimum Gasteiger partial charge on any atom is -0.444 e. The van der Waals surface area contributed by atoms with E-state index in [0.717, 1.165) is 0 Å². The summed E-state index contributed by atoms with van der Waals surface area (Å²) in [6, 6.07) is -0.208. The first-order valence-corrected chi connectivity index (χ1v) is 7.70. The lowest BCUT2D eigenvalue weighted by molar-refractivity contribution is 0.0514. The molecule has 0 aromatic rings. The Labute approximate surface area is 102 Å². The van der Waals surface area contributed by atoms with Crippen molar-refractivity contribution in [2.24, 2.45) is 0 Å². The molecule has 1 aliphatic rings. The van der Waals surface area contributed by atoms with Crippen LogP contribution in [-0.2, 0) is 9.30 Å². The summed E-state index contributed by atoms with van der Waals surface area (Å²) < 4.78 is 16.5. The highest BCUT2D eigenvalue weighted by atomic mass is 31.2. The third kappa shape index (κ3) is 4.92. The van der Waals surface area contributed by atoms with Crippen LogP contribution in [0, 0.1) is 0 Å². The molecule has 0 saturated heterocycles. The van der Waals surface area contributed by atoms with Gasteiger partial charge in [-0.25, -0.2) is 4.79 Å². The maximum Gasteiger partial charge on any atom is 0.408 e. The van der Waals surface area contributed by atoms with E-state index in [0.29, 0.717) is 18.2 Å². The van der Waals surface area contributed by atoms with E-state index in [-0.39, 0.29) is 6.04 Å². The first-order chi connectivity index (χ1) is 7.58. The molecule has 17 heavy (non-hydrogen) atoms. The molecule has 5 nitrogen and oxygen atoms in total. The molecule has 98 valence electrons. The molecule has 1 rings (SSSR count). The summed E-state index contributed by atoms with van der Waals surface area (Å²) in [6.45, 7) is 6.68. The van der Waals surface area contributed by atoms with Crippen molar-refractivity contribution in [1.82, 2.24) is 5.32 Å². The number of hydrogen-bond donors (Lipinski definition) is 2. The molecular formula is C11H20NO4P. The molecule has 0 bridgehead atoms. The van der Waals surface area contributed by atoms with Crippen LogP contribution < -0.4 is 5.32 Å². The molecule has 0 aromatic carbocycles. The van der Waals surface area contributed by atoms with Gasteiger partial charge in [-0.15, -0.1) is 0 Å². The molecule has 0 fully saturated rings. The normalized spacial score (nSPS) is 23.8. The minimum absolute atomic E-state index is 0.208. The van der Waals surface area contributed by atoms with Crippen LogP contribution in [0.2, 0.25) is 0 Å². The second kappa shape index (κ2) is 4.83. The van der Waals surface area contributed by atoms with E-state index in [2.05, 4.69) is 5.32 Å². The molecule has 2 unspecified atom stereocenters. The van der Waals surface area contributed by atoms with Gasteiger partial charge in [-0.05, 0) is 33.6 Å². The number of nitrogens with one attached hydrogen (secondary N) is 1. The van der Waals surface area contributed by atoms with E-state index < -0.39 is 19.1 Å². The van der Waals surface area contributed by atoms with Gasteiger partial charge in [0, 0.05) is 12.0 Å². The predicted octanol–water partition coefficient (Wildman–Crippen LogP) is 2.46. The number of ether oxygens (including phenoxy) is 1. The summed E-state index contributed by atoms with van der Waals surface area (Å²) in [4.78, 5) is 20.9. The van der Waals surface area contributed by atoms with Crippen molar-refractivity contribution in [3.63, 3.8) is 0 Å². The zero-order valence-electron chi connectivity index (χ0n) is 10.7. The third-order valence-electron chi connectivity index (χ3n) is 2.34. The molecular weight excluding hydrogens is 241 g/mol. The van der Waals surface area contributed by atoms with Crippen molar-refractivity contribution in [3.05, 3.63) is 11.4 Å². The molecule has 1 aliphatic carbocycles. The standard InChI is InChI=1S/C11H20NO4P/c1-11(2,3)16-10(13)12-8-5-6-9(7-8)17(4,14)15/h7-8H,5-6H2,1-4H3,(H,12,13)(H,14,15). The van der Waals surface area contributed by atoms with Crippen LogP contribution >= 0.6 is 7.37 Å². The van der Waals surface area contributed by atoms with Gasteiger partial charge in [0.2, 0.25) is 7.37 Å². The highest BCUT2D eigenvalue weighted by molar-refractivity contribution is 7.61. The first kappa shape index (κ1) is 14.3. The van der Waals surface area contributed by atoms with Crippen LogP contribution in [0.4, 0.5) is 4.79 Å². The molecule has 2 atom stereocenters. The monoisotopic (exact) mass is 261 g/mol. The zero-order valence-corrected chi connectivity index (χ0v) is 11.6. The maximum atomic E-state index is 11.5. The van der Waals surface area contributed by atoms with Crippen molar-refractivity contribution < 1.29 is 19.0 Å². The van der Waals surface area contributed by atoms with Crippen LogP contribution in [0.5, 0.6) is 0 Å². The maximum absolute atomic E-state index is 11.5. The van der Waals surface area contributed by atoms with E-state index in [1.54, 1.807) is 26.8 Å². The topological polar surface area (TPSA) is 75.6 Å². The van der Waals surface area contributed by atoms with Gasteiger partial charge in [0.25, 0.3) is 0 Å². The van der Waals surface area contributed by atoms with Crippen LogP contribution in [0.25, 0.3) is 0 Å². The van der Waals surface area contributed by atoms with Crippen LogP contribution in [0.1, 0.15) is 33.6 Å². The fraction of sp³-hybridized carbons (Fsp3) is 0.727. The Morgan fingerprint density at radius 2 is 2.18 bits per heavy atom. The van der Waals surface area contributed by atoms with E-state index in [9.17, 15) is 14.3 Å². The van der Waals surface area contributed by atoms with Crippen LogP contribution in [0.15, 0.2) is 11.4 Å². The Balaban J connectivity index is 2.53. The van der Waals surface area contributed by atoms with Crippen molar-refractivity contribution in [2.45, 2.75) is 45.3 Å². The quantitative estimate of drug-likeness (QED) is 0.749. The van der Waals surface area contributed by atoms with Gasteiger partial charge in [0.15, 0.2) is 0 Å². The van der Waals surface area contributed by atoms with E-state index >= 15 is 0 Å². The number of carbonyl (C=O) groups excluding carboxylic acids is 1. The van der Waals surface area contributed by atoms with Crippen LogP contribution in [0.3, 0.4) is 0 Å². The summed E-state index contributed by atoms with van der Waals surface area (Å²) in [5, 5.41) is 3.19. The molecule has 0 saturated carbocycles. The van der Waals surface area contributed by atoms with Crippen LogP contribution in [-0.4, -0.2) is 29.3 Å². The largest absolute Gasteiger partial charge is 0.444 e. The number of allylic oxidation sites excluding steroid dienone is 1. The Morgan fingerprint density at radius 1 is 1.59 bits per heavy atom. The van der Waals surface area contributed by atoms with Gasteiger partial charge in [0.05, 0.1) is 6.04 Å². The average Bonchev–Trinajstić information content (AvgIpc) is 2.47. The van der Waals surface area contributed by atoms with Gasteiger partial charge < -0.3 is 14.9 Å². The summed E-state index contributed by atoms with van der Waals surface area (Å²) in [6.07, 6.45) is 2.35. The van der Waals surface area contributed by atoms with Gasteiger partial charge in [-0.3, -0.25) is 4.57 Å². The van der Waals surface area contributed by atoms with Gasteiger partial charge in [-0.2, -0.15) is 0 Å². The van der Waals surface area contributed by atoms with Gasteiger partial charge in [-0.1, -0.05) is 6.08 Å². The number of alkyl carbamates (subject to hydrolysis) is 1. The van der Waals surface area contributed by atoms with Gasteiger partial charge >= 0.3 is 6.09 Å². The van der Waals surface area contributed by atoms with Crippen molar-refractivity contribution >= 4 is 13.5 Å². The van der Waals surface area contributed by atoms with E-state index in [1.165, 1.54) is 6.66 Å². The summed E-state index contributed by atoms with van der Waals surface area (Å²) >= 11 is 0. The third-order valence-corrected chi connectivity index (χ3v) is 3.78. The van der Waals surface area contributed by atoms with E-state index in [1.807, 2.05) is 0 Å². The smallest absolute Gasteiger partial charge is 0.408 e. The Kier molecular flexibility index (Phi) is 4.05. The molecule has 0 radical (unpaired) electrons. The Bertz CT molecular complexity index is 377. The molecule has 0 spiro atoms.